The summed E-state index contributed by atoms with van der Waals surface area (Å²) in [6.07, 6.45) is 3.61. The summed E-state index contributed by atoms with van der Waals surface area (Å²) < 4.78 is 0. The fourth-order valence-corrected chi connectivity index (χ4v) is 1.69. The van der Waals surface area contributed by atoms with Crippen LogP contribution in [-0.4, -0.2) is 9.97 Å². The van der Waals surface area contributed by atoms with E-state index in [0.717, 1.165) is 16.7 Å². The van der Waals surface area contributed by atoms with Crippen LogP contribution >= 0.6 is 0 Å². The number of anilines is 1. The fraction of sp³-hybridized carbons (Fsp3) is 0.300. The van der Waals surface area contributed by atoms with Crippen LogP contribution in [0.1, 0.15) is 25.3 Å². The molecule has 68 valence electrons. The Balaban J connectivity index is 2.80. The summed E-state index contributed by atoms with van der Waals surface area (Å²) in [6.45, 7) is 4.27. The second-order valence-electron chi connectivity index (χ2n) is 3.52. The van der Waals surface area contributed by atoms with E-state index in [0.29, 0.717) is 5.92 Å². The van der Waals surface area contributed by atoms with E-state index in [1.807, 2.05) is 12.3 Å². The number of aromatic amines is 1. The van der Waals surface area contributed by atoms with E-state index in [1.165, 1.54) is 5.56 Å². The standard InChI is InChI=1S/C10H13N3/c1-6(2)9-7-3-4-12-10(7)13-5-8(9)11/h3-6H,11H2,1-2H3,(H,12,13). The molecule has 0 saturated carbocycles. The van der Waals surface area contributed by atoms with Crippen LogP contribution in [0.2, 0.25) is 0 Å². The van der Waals surface area contributed by atoms with E-state index in [-0.39, 0.29) is 0 Å². The Kier molecular flexibility index (Phi) is 1.72. The molecule has 0 aliphatic heterocycles. The summed E-state index contributed by atoms with van der Waals surface area (Å²) in [4.78, 5) is 7.28. The van der Waals surface area contributed by atoms with Crippen molar-refractivity contribution in [1.29, 1.82) is 0 Å². The van der Waals surface area contributed by atoms with Crippen molar-refractivity contribution in [2.45, 2.75) is 19.8 Å². The second kappa shape index (κ2) is 2.76. The predicted molar refractivity (Wildman–Crippen MR) is 54.6 cm³/mol. The van der Waals surface area contributed by atoms with Gasteiger partial charge in [-0.05, 0) is 17.5 Å². The molecule has 2 aromatic rings. The van der Waals surface area contributed by atoms with Crippen LogP contribution in [0.15, 0.2) is 18.5 Å². The first-order valence-corrected chi connectivity index (χ1v) is 4.41. The Hall–Kier alpha value is -1.51. The highest BCUT2D eigenvalue weighted by atomic mass is 14.8. The summed E-state index contributed by atoms with van der Waals surface area (Å²) >= 11 is 0. The second-order valence-corrected chi connectivity index (χ2v) is 3.52. The first-order chi connectivity index (χ1) is 6.20. The van der Waals surface area contributed by atoms with E-state index in [4.69, 9.17) is 5.73 Å². The number of nitrogens with zero attached hydrogens (tertiary/aromatic N) is 1. The highest BCUT2D eigenvalue weighted by molar-refractivity contribution is 5.84. The lowest BCUT2D eigenvalue weighted by molar-refractivity contribution is 0.878. The van der Waals surface area contributed by atoms with Gasteiger partial charge >= 0.3 is 0 Å². The normalized spacial score (nSPS) is 11.3. The summed E-state index contributed by atoms with van der Waals surface area (Å²) in [5, 5.41) is 1.13. The predicted octanol–water partition coefficient (Wildman–Crippen LogP) is 2.27. The monoisotopic (exact) mass is 175 g/mol. The van der Waals surface area contributed by atoms with Gasteiger partial charge in [0, 0.05) is 11.6 Å². The molecule has 0 aliphatic carbocycles. The van der Waals surface area contributed by atoms with Gasteiger partial charge in [-0.1, -0.05) is 13.8 Å². The van der Waals surface area contributed by atoms with Crippen LogP contribution in [0.4, 0.5) is 5.69 Å². The summed E-state index contributed by atoms with van der Waals surface area (Å²) in [5.41, 5.74) is 8.75. The van der Waals surface area contributed by atoms with E-state index >= 15 is 0 Å². The van der Waals surface area contributed by atoms with Gasteiger partial charge in [0.1, 0.15) is 5.65 Å². The third kappa shape index (κ3) is 1.16. The van der Waals surface area contributed by atoms with Crippen molar-refractivity contribution in [1.82, 2.24) is 9.97 Å². The molecule has 13 heavy (non-hydrogen) atoms. The Morgan fingerprint density at radius 1 is 1.46 bits per heavy atom. The number of pyridine rings is 1. The van der Waals surface area contributed by atoms with E-state index in [2.05, 4.69) is 23.8 Å². The van der Waals surface area contributed by atoms with Crippen molar-refractivity contribution < 1.29 is 0 Å². The van der Waals surface area contributed by atoms with Crippen LogP contribution in [0.5, 0.6) is 0 Å². The minimum atomic E-state index is 0.432. The van der Waals surface area contributed by atoms with Crippen molar-refractivity contribution in [3.63, 3.8) is 0 Å². The van der Waals surface area contributed by atoms with Crippen LogP contribution in [0, 0.1) is 0 Å². The van der Waals surface area contributed by atoms with Gasteiger partial charge in [-0.15, -0.1) is 0 Å². The smallest absolute Gasteiger partial charge is 0.137 e. The molecule has 3 N–H and O–H groups in total. The minimum absolute atomic E-state index is 0.432. The topological polar surface area (TPSA) is 54.7 Å². The van der Waals surface area contributed by atoms with Crippen LogP contribution in [0.25, 0.3) is 11.0 Å². The molecule has 0 amide bonds. The molecule has 0 unspecified atom stereocenters. The zero-order valence-electron chi connectivity index (χ0n) is 7.83. The van der Waals surface area contributed by atoms with Gasteiger partial charge in [0.25, 0.3) is 0 Å². The van der Waals surface area contributed by atoms with Crippen molar-refractivity contribution >= 4 is 16.7 Å². The SMILES string of the molecule is CC(C)c1c(N)cnc2[nH]ccc12. The molecule has 2 heterocycles. The van der Waals surface area contributed by atoms with Gasteiger partial charge < -0.3 is 10.7 Å². The molecule has 0 fully saturated rings. The van der Waals surface area contributed by atoms with Gasteiger partial charge in [0.15, 0.2) is 0 Å². The molecule has 3 nitrogen and oxygen atoms in total. The van der Waals surface area contributed by atoms with Crippen molar-refractivity contribution in [2.24, 2.45) is 0 Å². The third-order valence-corrected chi connectivity index (χ3v) is 2.24. The molecular formula is C10H13N3. The van der Waals surface area contributed by atoms with Crippen molar-refractivity contribution in [3.05, 3.63) is 24.0 Å². The van der Waals surface area contributed by atoms with E-state index in [1.54, 1.807) is 6.20 Å². The molecule has 0 atom stereocenters. The molecule has 2 aromatic heterocycles. The van der Waals surface area contributed by atoms with Gasteiger partial charge in [-0.25, -0.2) is 4.98 Å². The fourth-order valence-electron chi connectivity index (χ4n) is 1.69. The lowest BCUT2D eigenvalue weighted by atomic mass is 10.00. The van der Waals surface area contributed by atoms with Gasteiger partial charge in [-0.2, -0.15) is 0 Å². The van der Waals surface area contributed by atoms with Crippen molar-refractivity contribution in [2.75, 3.05) is 5.73 Å². The van der Waals surface area contributed by atoms with Crippen LogP contribution in [-0.2, 0) is 0 Å². The number of aromatic nitrogens is 2. The first-order valence-electron chi connectivity index (χ1n) is 4.41. The molecule has 0 saturated heterocycles. The quantitative estimate of drug-likeness (QED) is 0.698. The summed E-state index contributed by atoms with van der Waals surface area (Å²) in [5.74, 6) is 0.432. The molecule has 0 aromatic carbocycles. The highest BCUT2D eigenvalue weighted by Gasteiger charge is 2.10. The average molecular weight is 175 g/mol. The molecule has 0 radical (unpaired) electrons. The van der Waals surface area contributed by atoms with Gasteiger partial charge in [0.05, 0.1) is 11.9 Å². The van der Waals surface area contributed by atoms with Crippen LogP contribution < -0.4 is 5.73 Å². The Morgan fingerprint density at radius 2 is 2.23 bits per heavy atom. The summed E-state index contributed by atoms with van der Waals surface area (Å²) in [6, 6.07) is 2.02. The molecule has 0 aliphatic rings. The number of nitrogens with one attached hydrogen (secondary N) is 1. The largest absolute Gasteiger partial charge is 0.397 e. The summed E-state index contributed by atoms with van der Waals surface area (Å²) in [7, 11) is 0. The number of hydrogen-bond acceptors (Lipinski definition) is 2. The lowest BCUT2D eigenvalue weighted by Crippen LogP contribution is -1.98. The van der Waals surface area contributed by atoms with Gasteiger partial charge in [0.2, 0.25) is 0 Å². The maximum atomic E-state index is 5.87. The number of rotatable bonds is 1. The number of nitrogens with two attached hydrogens (primary N) is 1. The van der Waals surface area contributed by atoms with Crippen molar-refractivity contribution in [3.8, 4) is 0 Å². The number of nitrogen functional groups attached to an aromatic ring is 1. The van der Waals surface area contributed by atoms with E-state index in [9.17, 15) is 0 Å². The Bertz CT molecular complexity index is 429. The Morgan fingerprint density at radius 3 is 2.92 bits per heavy atom. The first kappa shape index (κ1) is 8.10. The molecule has 0 bridgehead atoms. The molecular weight excluding hydrogens is 162 g/mol. The lowest BCUT2D eigenvalue weighted by Gasteiger charge is -2.09. The zero-order valence-corrected chi connectivity index (χ0v) is 7.83. The van der Waals surface area contributed by atoms with E-state index < -0.39 is 0 Å². The minimum Gasteiger partial charge on any atom is -0.397 e. The number of fused-ring (bicyclic) bond motifs is 1. The number of H-pyrrole nitrogens is 1. The maximum absolute atomic E-state index is 5.87. The highest BCUT2D eigenvalue weighted by Crippen LogP contribution is 2.28. The third-order valence-electron chi connectivity index (χ3n) is 2.24. The number of hydrogen-bond donors (Lipinski definition) is 2. The average Bonchev–Trinajstić information content (AvgIpc) is 2.50. The molecule has 3 heteroatoms. The Labute approximate surface area is 77.0 Å². The molecule has 0 spiro atoms. The van der Waals surface area contributed by atoms with Crippen LogP contribution in [0.3, 0.4) is 0 Å². The zero-order chi connectivity index (χ0) is 9.42. The van der Waals surface area contributed by atoms with Gasteiger partial charge in [-0.3, -0.25) is 0 Å². The maximum Gasteiger partial charge on any atom is 0.137 e. The molecule has 2 rings (SSSR count).